The van der Waals surface area contributed by atoms with Gasteiger partial charge in [0.2, 0.25) is 11.7 Å². The lowest BCUT2D eigenvalue weighted by Crippen LogP contribution is -2.22. The Bertz CT molecular complexity index is 1420. The fourth-order valence-electron chi connectivity index (χ4n) is 3.22. The summed E-state index contributed by atoms with van der Waals surface area (Å²) in [6.45, 7) is 2.02. The maximum Gasteiger partial charge on any atom is 0.270 e. The van der Waals surface area contributed by atoms with Gasteiger partial charge in [0.1, 0.15) is 5.39 Å². The van der Waals surface area contributed by atoms with Gasteiger partial charge in [-0.05, 0) is 31.2 Å². The average molecular weight is 403 g/mol. The molecule has 3 aromatic heterocycles. The van der Waals surface area contributed by atoms with Crippen LogP contribution in [0.25, 0.3) is 22.5 Å². The maximum atomic E-state index is 13.3. The number of benzene rings is 2. The van der Waals surface area contributed by atoms with Gasteiger partial charge in [-0.25, -0.2) is 14.5 Å². The summed E-state index contributed by atoms with van der Waals surface area (Å²) in [5.74, 6) is 0.821. The summed E-state index contributed by atoms with van der Waals surface area (Å²) in [6.07, 6.45) is 4.90. The highest BCUT2D eigenvalue weighted by Crippen LogP contribution is 2.22. The molecule has 142 valence electrons. The van der Waals surface area contributed by atoms with Gasteiger partial charge in [-0.3, -0.25) is 9.20 Å². The van der Waals surface area contributed by atoms with Gasteiger partial charge >= 0.3 is 0 Å². The van der Waals surface area contributed by atoms with Gasteiger partial charge in [-0.15, -0.1) is 0 Å². The molecule has 0 fully saturated rings. The van der Waals surface area contributed by atoms with E-state index in [0.717, 1.165) is 11.3 Å². The third-order valence-electron chi connectivity index (χ3n) is 4.65. The van der Waals surface area contributed by atoms with E-state index in [-0.39, 0.29) is 5.56 Å². The number of aryl methyl sites for hydroxylation is 1. The van der Waals surface area contributed by atoms with Crippen LogP contribution >= 0.6 is 11.6 Å². The first-order valence-electron chi connectivity index (χ1n) is 8.95. The Labute approximate surface area is 170 Å². The molecule has 2 aromatic carbocycles. The predicted octanol–water partition coefficient (Wildman–Crippen LogP) is 4.13. The molecular formula is C21H15ClN6O. The molecule has 0 saturated heterocycles. The lowest BCUT2D eigenvalue weighted by Gasteiger charge is -2.12. The second kappa shape index (κ2) is 6.72. The highest BCUT2D eigenvalue weighted by molar-refractivity contribution is 6.32. The SMILES string of the molecule is Cc1ccc(Nc2ncc3c(=O)n(-c4ccccc4Cl)c4nccn4c3n2)cc1. The van der Waals surface area contributed by atoms with Gasteiger partial charge in [0.05, 0.1) is 10.7 Å². The maximum absolute atomic E-state index is 13.3. The molecule has 0 aliphatic carbocycles. The van der Waals surface area contributed by atoms with Crippen molar-refractivity contribution in [3.63, 3.8) is 0 Å². The average Bonchev–Trinajstić information content (AvgIpc) is 3.21. The molecule has 0 amide bonds. The topological polar surface area (TPSA) is 77.1 Å². The van der Waals surface area contributed by atoms with Crippen molar-refractivity contribution in [3.8, 4) is 5.69 Å². The van der Waals surface area contributed by atoms with E-state index in [1.54, 1.807) is 28.9 Å². The van der Waals surface area contributed by atoms with E-state index in [9.17, 15) is 4.79 Å². The smallest absolute Gasteiger partial charge is 0.270 e. The van der Waals surface area contributed by atoms with Crippen LogP contribution in [0.3, 0.4) is 0 Å². The molecule has 0 unspecified atom stereocenters. The van der Waals surface area contributed by atoms with Crippen molar-refractivity contribution >= 4 is 40.0 Å². The molecule has 0 radical (unpaired) electrons. The zero-order chi connectivity index (χ0) is 20.0. The van der Waals surface area contributed by atoms with Crippen LogP contribution in [0.15, 0.2) is 71.9 Å². The van der Waals surface area contributed by atoms with E-state index in [0.29, 0.717) is 33.5 Å². The molecule has 0 spiro atoms. The molecule has 5 aromatic rings. The first-order valence-corrected chi connectivity index (χ1v) is 9.33. The van der Waals surface area contributed by atoms with Crippen LogP contribution in [-0.4, -0.2) is 23.9 Å². The second-order valence-corrected chi connectivity index (χ2v) is 7.02. The zero-order valence-corrected chi connectivity index (χ0v) is 16.1. The fraction of sp³-hybridized carbons (Fsp3) is 0.0476. The molecule has 0 saturated carbocycles. The Kier molecular flexibility index (Phi) is 4.03. The molecule has 8 heteroatoms. The standard InChI is InChI=1S/C21H15ClN6O/c1-13-6-8-14(9-7-13)25-20-24-12-15-18(26-20)27-11-10-23-21(27)28(19(15)29)17-5-3-2-4-16(17)22/h2-12H,1H3,(H,24,25,26). The van der Waals surface area contributed by atoms with Crippen LogP contribution in [0.5, 0.6) is 0 Å². The normalized spacial score (nSPS) is 11.2. The van der Waals surface area contributed by atoms with Crippen molar-refractivity contribution < 1.29 is 0 Å². The monoisotopic (exact) mass is 402 g/mol. The molecule has 0 atom stereocenters. The van der Waals surface area contributed by atoms with Gasteiger partial charge < -0.3 is 5.32 Å². The summed E-state index contributed by atoms with van der Waals surface area (Å²) in [7, 11) is 0. The molecule has 7 nitrogen and oxygen atoms in total. The van der Waals surface area contributed by atoms with Crippen molar-refractivity contribution in [2.75, 3.05) is 5.32 Å². The van der Waals surface area contributed by atoms with Gasteiger partial charge in [-0.1, -0.05) is 41.4 Å². The number of hydrogen-bond acceptors (Lipinski definition) is 5. The number of halogens is 1. The summed E-state index contributed by atoms with van der Waals surface area (Å²) in [5, 5.41) is 3.99. The molecule has 29 heavy (non-hydrogen) atoms. The summed E-state index contributed by atoms with van der Waals surface area (Å²) in [5.41, 5.74) is 2.76. The van der Waals surface area contributed by atoms with E-state index >= 15 is 0 Å². The highest BCUT2D eigenvalue weighted by Gasteiger charge is 2.17. The number of rotatable bonds is 3. The van der Waals surface area contributed by atoms with Crippen LogP contribution in [0.1, 0.15) is 5.56 Å². The quantitative estimate of drug-likeness (QED) is 0.491. The summed E-state index contributed by atoms with van der Waals surface area (Å²) >= 11 is 6.34. The largest absolute Gasteiger partial charge is 0.324 e. The van der Waals surface area contributed by atoms with E-state index in [1.807, 2.05) is 43.3 Å². The van der Waals surface area contributed by atoms with Crippen LogP contribution in [0.4, 0.5) is 11.6 Å². The number of fused-ring (bicyclic) bond motifs is 3. The van der Waals surface area contributed by atoms with E-state index in [2.05, 4.69) is 20.3 Å². The van der Waals surface area contributed by atoms with Gasteiger partial charge in [0.25, 0.3) is 5.56 Å². The first-order chi connectivity index (χ1) is 14.1. The minimum atomic E-state index is -0.284. The van der Waals surface area contributed by atoms with Crippen molar-refractivity contribution in [2.24, 2.45) is 0 Å². The summed E-state index contributed by atoms with van der Waals surface area (Å²) < 4.78 is 3.23. The molecule has 1 N–H and O–H groups in total. The number of nitrogens with one attached hydrogen (secondary N) is 1. The number of hydrogen-bond donors (Lipinski definition) is 1. The lowest BCUT2D eigenvalue weighted by molar-refractivity contribution is 0.961. The van der Waals surface area contributed by atoms with Crippen molar-refractivity contribution in [1.29, 1.82) is 0 Å². The van der Waals surface area contributed by atoms with Gasteiger partial charge in [0.15, 0.2) is 5.65 Å². The van der Waals surface area contributed by atoms with Crippen molar-refractivity contribution in [1.82, 2.24) is 23.9 Å². The van der Waals surface area contributed by atoms with E-state index in [1.165, 1.54) is 10.8 Å². The van der Waals surface area contributed by atoms with Crippen LogP contribution < -0.4 is 10.9 Å². The van der Waals surface area contributed by atoms with E-state index < -0.39 is 0 Å². The Balaban J connectivity index is 1.72. The van der Waals surface area contributed by atoms with Gasteiger partial charge in [-0.2, -0.15) is 4.98 Å². The molecule has 0 bridgehead atoms. The van der Waals surface area contributed by atoms with Gasteiger partial charge in [0, 0.05) is 24.3 Å². The number of para-hydroxylation sites is 1. The van der Waals surface area contributed by atoms with E-state index in [4.69, 9.17) is 11.6 Å². The molecular weight excluding hydrogens is 388 g/mol. The number of aromatic nitrogens is 5. The Morgan fingerprint density at radius 3 is 2.62 bits per heavy atom. The third kappa shape index (κ3) is 2.92. The molecule has 5 rings (SSSR count). The highest BCUT2D eigenvalue weighted by atomic mass is 35.5. The van der Waals surface area contributed by atoms with Crippen LogP contribution in [-0.2, 0) is 0 Å². The fourth-order valence-corrected chi connectivity index (χ4v) is 3.44. The molecule has 0 aliphatic rings. The van der Waals surface area contributed by atoms with Crippen molar-refractivity contribution in [3.05, 3.63) is 88.1 Å². The minimum absolute atomic E-state index is 0.284. The zero-order valence-electron chi connectivity index (χ0n) is 15.4. The number of imidazole rings is 1. The molecule has 3 heterocycles. The molecule has 0 aliphatic heterocycles. The minimum Gasteiger partial charge on any atom is -0.324 e. The summed E-state index contributed by atoms with van der Waals surface area (Å²) in [4.78, 5) is 26.5. The van der Waals surface area contributed by atoms with Crippen LogP contribution in [0.2, 0.25) is 5.02 Å². The Hall–Kier alpha value is -3.71. The van der Waals surface area contributed by atoms with Crippen molar-refractivity contribution in [2.45, 2.75) is 6.92 Å². The Morgan fingerprint density at radius 2 is 1.83 bits per heavy atom. The van der Waals surface area contributed by atoms with Crippen LogP contribution in [0, 0.1) is 6.92 Å². The summed E-state index contributed by atoms with van der Waals surface area (Å²) in [6, 6.07) is 15.0. The predicted molar refractivity (Wildman–Crippen MR) is 113 cm³/mol. The second-order valence-electron chi connectivity index (χ2n) is 6.61. The lowest BCUT2D eigenvalue weighted by atomic mass is 10.2. The first kappa shape index (κ1) is 17.4. The Morgan fingerprint density at radius 1 is 1.03 bits per heavy atom. The number of nitrogens with zero attached hydrogens (tertiary/aromatic N) is 5. The third-order valence-corrected chi connectivity index (χ3v) is 4.97. The number of anilines is 2.